The Bertz CT molecular complexity index is 2220. The molecule has 4 amide bonds. The molecule has 2 saturated carbocycles. The summed E-state index contributed by atoms with van der Waals surface area (Å²) in [7, 11) is -4.14. The van der Waals surface area contributed by atoms with E-state index < -0.39 is 92.3 Å². The topological polar surface area (TPSA) is 182 Å². The van der Waals surface area contributed by atoms with Gasteiger partial charge in [0.25, 0.3) is 5.91 Å². The zero-order valence-corrected chi connectivity index (χ0v) is 33.2. The van der Waals surface area contributed by atoms with Gasteiger partial charge in [-0.15, -0.1) is 0 Å². The number of nitrogens with zero attached hydrogens (tertiary/aromatic N) is 4. The number of rotatable bonds is 7. The first-order valence-electron chi connectivity index (χ1n) is 19.0. The van der Waals surface area contributed by atoms with Crippen molar-refractivity contribution in [2.24, 2.45) is 16.7 Å². The van der Waals surface area contributed by atoms with Crippen LogP contribution in [-0.4, -0.2) is 94.6 Å². The zero-order chi connectivity index (χ0) is 41.1. The van der Waals surface area contributed by atoms with Gasteiger partial charge in [0.05, 0.1) is 17.2 Å². The average molecular weight is 808 g/mol. The summed E-state index contributed by atoms with van der Waals surface area (Å²) in [5.74, 6) is -4.51. The van der Waals surface area contributed by atoms with Crippen molar-refractivity contribution in [3.05, 3.63) is 66.2 Å². The monoisotopic (exact) mass is 807 g/mol. The van der Waals surface area contributed by atoms with Crippen LogP contribution in [0, 0.1) is 16.7 Å². The van der Waals surface area contributed by atoms with Gasteiger partial charge in [-0.3, -0.25) is 19.1 Å². The van der Waals surface area contributed by atoms with Gasteiger partial charge < -0.3 is 20.3 Å². The first-order chi connectivity index (χ1) is 26.8. The number of carbonyl (C=O) groups is 4. The fourth-order valence-electron chi connectivity index (χ4n) is 7.37. The molecule has 2 aliphatic carbocycles. The lowest BCUT2D eigenvalue weighted by molar-refractivity contribution is -0.143. The summed E-state index contributed by atoms with van der Waals surface area (Å²) in [6, 6.07) is 13.7. The number of ether oxygens (including phenoxy) is 1. The van der Waals surface area contributed by atoms with Crippen molar-refractivity contribution in [2.75, 3.05) is 13.2 Å². The molecule has 0 radical (unpaired) electrons. The predicted molar refractivity (Wildman–Crippen MR) is 206 cm³/mol. The Balaban J connectivity index is 1.30. The number of hydrogen-bond acceptors (Lipinski definition) is 9. The maximum atomic E-state index is 14.7. The third-order valence-electron chi connectivity index (χ3n) is 11.0. The molecule has 1 unspecified atom stereocenters. The van der Waals surface area contributed by atoms with E-state index in [-0.39, 0.29) is 19.6 Å². The molecule has 1 aromatic heterocycles. The Morgan fingerprint density at radius 3 is 2.30 bits per heavy atom. The molecule has 3 aromatic rings. The van der Waals surface area contributed by atoms with Crippen LogP contribution in [-0.2, 0) is 29.1 Å². The molecule has 3 fully saturated rings. The Hall–Kier alpha value is -5.19. The molecule has 0 spiro atoms. The smallest absolute Gasteiger partial charge is 0.407 e. The number of carbonyl (C=O) groups excluding carboxylic acids is 4. The molecule has 3 heterocycles. The summed E-state index contributed by atoms with van der Waals surface area (Å²) in [6.45, 7) is 8.82. The van der Waals surface area contributed by atoms with E-state index in [1.807, 2.05) is 85.3 Å². The number of alkyl carbamates (subject to hydrolysis) is 1. The molecular formula is C40H47F2N7O7S. The van der Waals surface area contributed by atoms with Gasteiger partial charge in [0.15, 0.2) is 0 Å². The van der Waals surface area contributed by atoms with E-state index in [9.17, 15) is 36.4 Å². The molecule has 14 nitrogen and oxygen atoms in total. The Morgan fingerprint density at radius 2 is 1.67 bits per heavy atom. The van der Waals surface area contributed by atoms with Crippen LogP contribution in [0.2, 0.25) is 0 Å². The maximum absolute atomic E-state index is 14.7. The lowest BCUT2D eigenvalue weighted by Gasteiger charge is -2.35. The minimum absolute atomic E-state index is 0.0324. The largest absolute Gasteiger partial charge is 0.449 e. The standard InChI is InChI=1S/C40H47F2N7O7S/c1-38(2,3)32-35(51)48-21-26(19-29(48)34(50)44-40(20-28(40)33(41)42)36(52)47-57(54,55)27-14-15-27)49-45-30(24-11-7-6-8-12-24)31(46-49)25-13-9-10-23(18-25)16-17-39(4,5)22-56-37(53)43-32/h6-13,16-18,26-29,32-33H,14-15,19-22H2,1-5H3,(H,43,53)(H,44,50)(H,47,52)/b17-16+/t26?,28-,29-,32+,40-/m0/s1. The highest BCUT2D eigenvalue weighted by Crippen LogP contribution is 2.49. The van der Waals surface area contributed by atoms with Gasteiger partial charge >= 0.3 is 6.09 Å². The van der Waals surface area contributed by atoms with Gasteiger partial charge in [-0.25, -0.2) is 22.0 Å². The molecule has 304 valence electrons. The normalized spacial score (nSPS) is 26.8. The number of sulfonamides is 1. The molecule has 7 rings (SSSR count). The number of halogens is 2. The molecule has 3 N–H and O–H groups in total. The Labute approximate surface area is 329 Å². The molecule has 2 aromatic carbocycles. The number of hydrogen-bond donors (Lipinski definition) is 3. The van der Waals surface area contributed by atoms with Crippen LogP contribution < -0.4 is 15.4 Å². The van der Waals surface area contributed by atoms with Gasteiger partial charge in [0, 0.05) is 29.5 Å². The van der Waals surface area contributed by atoms with Gasteiger partial charge in [-0.2, -0.15) is 15.0 Å². The third-order valence-corrected chi connectivity index (χ3v) is 12.8. The number of aromatic nitrogens is 3. The number of cyclic esters (lactones) is 1. The van der Waals surface area contributed by atoms with Gasteiger partial charge in [0.2, 0.25) is 28.3 Å². The second kappa shape index (κ2) is 14.6. The summed E-state index contributed by atoms with van der Waals surface area (Å²) >= 11 is 0. The number of fused-ring (bicyclic) bond motifs is 8. The third kappa shape index (κ3) is 8.29. The first-order valence-corrected chi connectivity index (χ1v) is 20.5. The van der Waals surface area contributed by atoms with Crippen LogP contribution in [0.25, 0.3) is 28.6 Å². The van der Waals surface area contributed by atoms with Crippen LogP contribution in [0.3, 0.4) is 0 Å². The number of amides is 4. The van der Waals surface area contributed by atoms with Crippen molar-refractivity contribution in [3.8, 4) is 22.5 Å². The molecule has 57 heavy (non-hydrogen) atoms. The average Bonchev–Trinajstić information content (AvgIpc) is 4.05. The van der Waals surface area contributed by atoms with Crippen molar-refractivity contribution < 1.29 is 41.1 Å². The second-order valence-electron chi connectivity index (χ2n) is 17.2. The summed E-state index contributed by atoms with van der Waals surface area (Å²) in [6.07, 6.45) is -0.0138. The molecule has 2 aliphatic heterocycles. The highest BCUT2D eigenvalue weighted by Gasteiger charge is 2.67. The Kier molecular flexibility index (Phi) is 10.3. The lowest BCUT2D eigenvalue weighted by atomic mass is 9.85. The maximum Gasteiger partial charge on any atom is 0.407 e. The SMILES string of the molecule is CC1(C)/C=C/c2cccc(c2)-c2nn(nc2-c2ccccc2)C2C[C@@H](C(=O)N[C@@]3(C(=O)NS(=O)(=O)C4CC4)C[C@H]3C(F)F)N(C2)C(=O)[C@H](C(C)(C)C)NC(=O)OC1. The summed E-state index contributed by atoms with van der Waals surface area (Å²) in [5.41, 5.74) is -0.320. The minimum atomic E-state index is -4.14. The molecule has 17 heteroatoms. The number of nitrogens with one attached hydrogen (secondary N) is 3. The first kappa shape index (κ1) is 40.0. The van der Waals surface area contributed by atoms with Crippen molar-refractivity contribution in [2.45, 2.75) is 95.6 Å². The van der Waals surface area contributed by atoms with E-state index in [4.69, 9.17) is 14.9 Å². The highest BCUT2D eigenvalue weighted by atomic mass is 32.2. The van der Waals surface area contributed by atoms with Crippen LogP contribution in [0.4, 0.5) is 13.6 Å². The van der Waals surface area contributed by atoms with E-state index in [1.54, 1.807) is 20.8 Å². The van der Waals surface area contributed by atoms with Crippen molar-refractivity contribution in [1.82, 2.24) is 35.2 Å². The predicted octanol–water partition coefficient (Wildman–Crippen LogP) is 4.70. The fraction of sp³-hybridized carbons (Fsp3) is 0.500. The van der Waals surface area contributed by atoms with Gasteiger partial charge in [-0.05, 0) is 36.3 Å². The lowest BCUT2D eigenvalue weighted by Crippen LogP contribution is -2.60. The summed E-state index contributed by atoms with van der Waals surface area (Å²) in [4.78, 5) is 58.6. The fourth-order valence-corrected chi connectivity index (χ4v) is 8.73. The van der Waals surface area contributed by atoms with Gasteiger partial charge in [0.1, 0.15) is 35.6 Å². The zero-order valence-electron chi connectivity index (χ0n) is 32.4. The number of benzene rings is 2. The van der Waals surface area contributed by atoms with Crippen molar-refractivity contribution >= 4 is 39.9 Å². The highest BCUT2D eigenvalue weighted by molar-refractivity contribution is 7.91. The molecule has 5 atom stereocenters. The van der Waals surface area contributed by atoms with Crippen molar-refractivity contribution in [3.63, 3.8) is 0 Å². The van der Waals surface area contributed by atoms with Crippen molar-refractivity contribution in [1.29, 1.82) is 0 Å². The number of alkyl halides is 2. The van der Waals surface area contributed by atoms with Crippen LogP contribution in [0.5, 0.6) is 0 Å². The van der Waals surface area contributed by atoms with E-state index in [0.717, 1.165) is 16.7 Å². The molecule has 1 saturated heterocycles. The van der Waals surface area contributed by atoms with E-state index in [0.29, 0.717) is 24.2 Å². The van der Waals surface area contributed by atoms with E-state index in [2.05, 4.69) is 10.6 Å². The summed E-state index contributed by atoms with van der Waals surface area (Å²) in [5, 5.41) is 14.2. The molecule has 4 aliphatic rings. The Morgan fingerprint density at radius 1 is 1.00 bits per heavy atom. The van der Waals surface area contributed by atoms with E-state index in [1.165, 1.54) is 9.70 Å². The van der Waals surface area contributed by atoms with E-state index >= 15 is 0 Å². The quantitative estimate of drug-likeness (QED) is 0.305. The van der Waals surface area contributed by atoms with Gasteiger partial charge in [-0.1, -0.05) is 95.3 Å². The van der Waals surface area contributed by atoms with Crippen LogP contribution in [0.15, 0.2) is 60.7 Å². The van der Waals surface area contributed by atoms with Crippen LogP contribution in [0.1, 0.15) is 71.9 Å². The summed E-state index contributed by atoms with van der Waals surface area (Å²) < 4.78 is 61.4. The molecular weight excluding hydrogens is 761 g/mol. The minimum Gasteiger partial charge on any atom is -0.449 e. The second-order valence-corrected chi connectivity index (χ2v) is 19.2. The van der Waals surface area contributed by atoms with Crippen LogP contribution >= 0.6 is 0 Å². The molecule has 6 bridgehead atoms.